The number of likely N-dealkylation sites (tertiary alicyclic amines) is 1. The molecular formula is C24H24ClN3O4. The van der Waals surface area contributed by atoms with E-state index >= 15 is 0 Å². The second-order valence-corrected chi connectivity index (χ2v) is 8.39. The lowest BCUT2D eigenvalue weighted by molar-refractivity contribution is -0.145. The highest BCUT2D eigenvalue weighted by Crippen LogP contribution is 2.23. The van der Waals surface area contributed by atoms with Crippen LogP contribution in [0.15, 0.2) is 54.7 Å². The van der Waals surface area contributed by atoms with Gasteiger partial charge in [0.15, 0.2) is 0 Å². The molecule has 2 aromatic carbocycles. The van der Waals surface area contributed by atoms with E-state index in [1.54, 1.807) is 17.0 Å². The maximum Gasteiger partial charge on any atom is 0.328 e. The molecule has 2 amide bonds. The lowest BCUT2D eigenvalue weighted by Crippen LogP contribution is -2.46. The van der Waals surface area contributed by atoms with Crippen LogP contribution in [-0.2, 0) is 32.1 Å². The Morgan fingerprint density at radius 3 is 2.72 bits per heavy atom. The molecule has 2 atom stereocenters. The predicted octanol–water partition coefficient (Wildman–Crippen LogP) is 3.07. The number of aromatic amines is 1. The third-order valence-corrected chi connectivity index (χ3v) is 6.03. The standard InChI is InChI=1S/C24H24ClN3O4/c1-32-24(31)21(10-16-12-26-20-5-3-2-4-19(16)20)27-23(30)17-11-22(29)28(14-17)13-15-6-8-18(25)9-7-15/h2-9,12,17,21,26H,10-11,13-14H2,1H3,(H,27,30)/t17-,21-/m1/s1. The van der Waals surface area contributed by atoms with Crippen LogP contribution < -0.4 is 5.32 Å². The van der Waals surface area contributed by atoms with Crippen LogP contribution >= 0.6 is 11.6 Å². The fraction of sp³-hybridized carbons (Fsp3) is 0.292. The Bertz CT molecular complexity index is 1140. The summed E-state index contributed by atoms with van der Waals surface area (Å²) >= 11 is 5.92. The molecule has 0 spiro atoms. The summed E-state index contributed by atoms with van der Waals surface area (Å²) in [4.78, 5) is 42.6. The number of rotatable bonds is 7. The molecule has 166 valence electrons. The Labute approximate surface area is 190 Å². The maximum absolute atomic E-state index is 12.9. The van der Waals surface area contributed by atoms with Crippen LogP contribution in [0.5, 0.6) is 0 Å². The van der Waals surface area contributed by atoms with Gasteiger partial charge in [-0.25, -0.2) is 4.79 Å². The number of carbonyl (C=O) groups is 3. The van der Waals surface area contributed by atoms with E-state index < -0.39 is 17.9 Å². The number of para-hydroxylation sites is 1. The van der Waals surface area contributed by atoms with E-state index in [1.807, 2.05) is 42.6 Å². The van der Waals surface area contributed by atoms with E-state index in [0.717, 1.165) is 22.0 Å². The molecule has 1 aliphatic heterocycles. The molecule has 1 saturated heterocycles. The number of nitrogens with zero attached hydrogens (tertiary/aromatic N) is 1. The Hall–Kier alpha value is -3.32. The van der Waals surface area contributed by atoms with Crippen LogP contribution in [0.3, 0.4) is 0 Å². The smallest absolute Gasteiger partial charge is 0.328 e. The van der Waals surface area contributed by atoms with Crippen molar-refractivity contribution in [2.45, 2.75) is 25.4 Å². The zero-order chi connectivity index (χ0) is 22.7. The largest absolute Gasteiger partial charge is 0.467 e. The van der Waals surface area contributed by atoms with Gasteiger partial charge in [-0.15, -0.1) is 0 Å². The Morgan fingerprint density at radius 1 is 1.22 bits per heavy atom. The van der Waals surface area contributed by atoms with Gasteiger partial charge in [0.25, 0.3) is 0 Å². The topological polar surface area (TPSA) is 91.5 Å². The molecule has 7 nitrogen and oxygen atoms in total. The molecule has 1 aromatic heterocycles. The van der Waals surface area contributed by atoms with Gasteiger partial charge < -0.3 is 19.9 Å². The number of hydrogen-bond acceptors (Lipinski definition) is 4. The summed E-state index contributed by atoms with van der Waals surface area (Å²) in [5.41, 5.74) is 2.80. The van der Waals surface area contributed by atoms with Gasteiger partial charge in [-0.1, -0.05) is 41.9 Å². The highest BCUT2D eigenvalue weighted by Gasteiger charge is 2.36. The summed E-state index contributed by atoms with van der Waals surface area (Å²) in [6.07, 6.45) is 2.23. The minimum Gasteiger partial charge on any atom is -0.467 e. The molecule has 32 heavy (non-hydrogen) atoms. The highest BCUT2D eigenvalue weighted by molar-refractivity contribution is 6.30. The molecule has 1 fully saturated rings. The Balaban J connectivity index is 1.42. The molecule has 1 aliphatic rings. The molecule has 3 aromatic rings. The van der Waals surface area contributed by atoms with Crippen molar-refractivity contribution >= 4 is 40.3 Å². The zero-order valence-corrected chi connectivity index (χ0v) is 18.4. The number of benzene rings is 2. The molecule has 0 unspecified atom stereocenters. The predicted molar refractivity (Wildman–Crippen MR) is 121 cm³/mol. The van der Waals surface area contributed by atoms with E-state index in [1.165, 1.54) is 7.11 Å². The number of nitrogens with one attached hydrogen (secondary N) is 2. The number of ether oxygens (including phenoxy) is 1. The fourth-order valence-electron chi connectivity index (χ4n) is 4.06. The van der Waals surface area contributed by atoms with Gasteiger partial charge in [0.2, 0.25) is 11.8 Å². The first-order valence-corrected chi connectivity index (χ1v) is 10.8. The van der Waals surface area contributed by atoms with Crippen molar-refractivity contribution < 1.29 is 19.1 Å². The molecule has 0 bridgehead atoms. The molecule has 4 rings (SSSR count). The van der Waals surface area contributed by atoms with Crippen molar-refractivity contribution in [3.8, 4) is 0 Å². The van der Waals surface area contributed by atoms with Gasteiger partial charge >= 0.3 is 5.97 Å². The summed E-state index contributed by atoms with van der Waals surface area (Å²) in [6, 6.07) is 14.2. The average molecular weight is 454 g/mol. The lowest BCUT2D eigenvalue weighted by atomic mass is 10.0. The molecule has 2 N–H and O–H groups in total. The summed E-state index contributed by atoms with van der Waals surface area (Å²) < 4.78 is 4.92. The van der Waals surface area contributed by atoms with E-state index in [4.69, 9.17) is 16.3 Å². The average Bonchev–Trinajstić information content (AvgIpc) is 3.38. The minimum absolute atomic E-state index is 0.0913. The van der Waals surface area contributed by atoms with Gasteiger partial charge in [0, 0.05) is 48.1 Å². The Morgan fingerprint density at radius 2 is 1.97 bits per heavy atom. The zero-order valence-electron chi connectivity index (χ0n) is 17.6. The van der Waals surface area contributed by atoms with Crippen molar-refractivity contribution in [2.75, 3.05) is 13.7 Å². The van der Waals surface area contributed by atoms with E-state index in [9.17, 15) is 14.4 Å². The number of amides is 2. The summed E-state index contributed by atoms with van der Waals surface area (Å²) in [7, 11) is 1.30. The number of H-pyrrole nitrogens is 1. The number of methoxy groups -OCH3 is 1. The number of aromatic nitrogens is 1. The second kappa shape index (κ2) is 9.44. The maximum atomic E-state index is 12.9. The van der Waals surface area contributed by atoms with Gasteiger partial charge in [0.1, 0.15) is 6.04 Å². The SMILES string of the molecule is COC(=O)[C@@H](Cc1c[nH]c2ccccc12)NC(=O)[C@@H]1CC(=O)N(Cc2ccc(Cl)cc2)C1. The van der Waals surface area contributed by atoms with Gasteiger partial charge in [-0.05, 0) is 29.3 Å². The highest BCUT2D eigenvalue weighted by atomic mass is 35.5. The lowest BCUT2D eigenvalue weighted by Gasteiger charge is -2.19. The van der Waals surface area contributed by atoms with Gasteiger partial charge in [0.05, 0.1) is 13.0 Å². The third kappa shape index (κ3) is 4.78. The van der Waals surface area contributed by atoms with E-state index in [-0.39, 0.29) is 24.7 Å². The first-order chi connectivity index (χ1) is 15.4. The van der Waals surface area contributed by atoms with Crippen LogP contribution in [0.4, 0.5) is 0 Å². The number of carbonyl (C=O) groups excluding carboxylic acids is 3. The fourth-order valence-corrected chi connectivity index (χ4v) is 4.18. The molecule has 0 aliphatic carbocycles. The van der Waals surface area contributed by atoms with Crippen LogP contribution in [0, 0.1) is 5.92 Å². The minimum atomic E-state index is -0.841. The van der Waals surface area contributed by atoms with E-state index in [0.29, 0.717) is 18.1 Å². The number of esters is 1. The van der Waals surface area contributed by atoms with Crippen LogP contribution in [0.25, 0.3) is 10.9 Å². The number of fused-ring (bicyclic) bond motifs is 1. The normalized spacial score (nSPS) is 16.9. The molecule has 8 heteroatoms. The first kappa shape index (κ1) is 21.9. The van der Waals surface area contributed by atoms with Crippen molar-refractivity contribution in [3.05, 3.63) is 70.9 Å². The Kier molecular flexibility index (Phi) is 6.46. The first-order valence-electron chi connectivity index (χ1n) is 10.4. The quantitative estimate of drug-likeness (QED) is 0.538. The van der Waals surface area contributed by atoms with E-state index in [2.05, 4.69) is 10.3 Å². The third-order valence-electron chi connectivity index (χ3n) is 5.77. The molecule has 0 saturated carbocycles. The van der Waals surface area contributed by atoms with Crippen LogP contribution in [0.2, 0.25) is 5.02 Å². The number of halogens is 1. The van der Waals surface area contributed by atoms with Gasteiger partial charge in [-0.3, -0.25) is 9.59 Å². The van der Waals surface area contributed by atoms with Crippen LogP contribution in [0.1, 0.15) is 17.5 Å². The van der Waals surface area contributed by atoms with Gasteiger partial charge in [-0.2, -0.15) is 0 Å². The number of hydrogen-bond donors (Lipinski definition) is 2. The summed E-state index contributed by atoms with van der Waals surface area (Å²) in [6.45, 7) is 0.712. The van der Waals surface area contributed by atoms with Crippen molar-refractivity contribution in [1.29, 1.82) is 0 Å². The summed E-state index contributed by atoms with van der Waals surface area (Å²) in [5, 5.41) is 4.42. The van der Waals surface area contributed by atoms with Crippen molar-refractivity contribution in [2.24, 2.45) is 5.92 Å². The van der Waals surface area contributed by atoms with Crippen molar-refractivity contribution in [3.63, 3.8) is 0 Å². The monoisotopic (exact) mass is 453 g/mol. The second-order valence-electron chi connectivity index (χ2n) is 7.95. The van der Waals surface area contributed by atoms with Crippen LogP contribution in [-0.4, -0.2) is 47.4 Å². The molecule has 2 heterocycles. The van der Waals surface area contributed by atoms with Crippen molar-refractivity contribution in [1.82, 2.24) is 15.2 Å². The summed E-state index contributed by atoms with van der Waals surface area (Å²) in [5.74, 6) is -1.46. The molecule has 0 radical (unpaired) electrons. The molecular weight excluding hydrogens is 430 g/mol.